The summed E-state index contributed by atoms with van der Waals surface area (Å²) in [5.74, 6) is 1.24. The molecule has 2 aliphatic heterocycles. The van der Waals surface area contributed by atoms with Gasteiger partial charge >= 0.3 is 0 Å². The number of nitrogens with one attached hydrogen (secondary N) is 2. The van der Waals surface area contributed by atoms with E-state index < -0.39 is 0 Å². The van der Waals surface area contributed by atoms with Gasteiger partial charge in [0, 0.05) is 30.8 Å². The van der Waals surface area contributed by atoms with Crippen LogP contribution in [0.4, 0.5) is 5.13 Å². The van der Waals surface area contributed by atoms with E-state index in [4.69, 9.17) is 0 Å². The van der Waals surface area contributed by atoms with Gasteiger partial charge in [-0.2, -0.15) is 0 Å². The molecule has 2 aliphatic rings. The Kier molecular flexibility index (Phi) is 5.67. The molecule has 2 N–H and O–H groups in total. The van der Waals surface area contributed by atoms with Crippen molar-refractivity contribution in [3.8, 4) is 0 Å². The lowest BCUT2D eigenvalue weighted by Crippen LogP contribution is -2.32. The van der Waals surface area contributed by atoms with E-state index in [0.29, 0.717) is 18.3 Å². The lowest BCUT2D eigenvalue weighted by Gasteiger charge is -2.27. The maximum atomic E-state index is 12.3. The Morgan fingerprint density at radius 2 is 2.26 bits per heavy atom. The summed E-state index contributed by atoms with van der Waals surface area (Å²) in [6.45, 7) is 9.71. The Bertz CT molecular complexity index is 539. The number of rotatable bonds is 5. The molecule has 0 saturated carbocycles. The van der Waals surface area contributed by atoms with Crippen molar-refractivity contribution < 1.29 is 4.79 Å². The summed E-state index contributed by atoms with van der Waals surface area (Å²) in [5, 5.41) is 7.21. The van der Waals surface area contributed by atoms with E-state index in [1.165, 1.54) is 23.4 Å². The van der Waals surface area contributed by atoms with Crippen LogP contribution in [0.5, 0.6) is 0 Å². The number of thiazole rings is 1. The molecular formula is C17H28N4OS. The third-order valence-corrected chi connectivity index (χ3v) is 6.20. The zero-order valence-electron chi connectivity index (χ0n) is 14.2. The minimum atomic E-state index is 0.120. The van der Waals surface area contributed by atoms with E-state index in [0.717, 1.165) is 44.3 Å². The van der Waals surface area contributed by atoms with Crippen molar-refractivity contribution in [2.45, 2.75) is 46.1 Å². The summed E-state index contributed by atoms with van der Waals surface area (Å²) >= 11 is 1.65. The second-order valence-corrected chi connectivity index (χ2v) is 7.91. The molecule has 3 heterocycles. The maximum Gasteiger partial charge on any atom is 0.226 e. The average molecular weight is 337 g/mol. The van der Waals surface area contributed by atoms with Gasteiger partial charge in [-0.1, -0.05) is 13.8 Å². The van der Waals surface area contributed by atoms with Crippen LogP contribution in [0.2, 0.25) is 0 Å². The van der Waals surface area contributed by atoms with Crippen LogP contribution in [0, 0.1) is 11.8 Å². The average Bonchev–Trinajstić information content (AvgIpc) is 2.96. The van der Waals surface area contributed by atoms with Crippen molar-refractivity contribution >= 4 is 22.4 Å². The standard InChI is InChI=1S/C17H28N4OS/c1-3-21-9-6-14-15(11-21)23-17(19-14)20-16(22)10-12(2)13-4-7-18-8-5-13/h12-13,18H,3-11H2,1-2H3,(H,19,20,22). The fraction of sp³-hybridized carbons (Fsp3) is 0.765. The van der Waals surface area contributed by atoms with Crippen LogP contribution in [-0.4, -0.2) is 42.0 Å². The van der Waals surface area contributed by atoms with Crippen molar-refractivity contribution in [1.29, 1.82) is 0 Å². The highest BCUT2D eigenvalue weighted by molar-refractivity contribution is 7.15. The lowest BCUT2D eigenvalue weighted by atomic mass is 9.84. The largest absolute Gasteiger partial charge is 0.317 e. The van der Waals surface area contributed by atoms with Crippen LogP contribution < -0.4 is 10.6 Å². The zero-order valence-corrected chi connectivity index (χ0v) is 15.0. The van der Waals surface area contributed by atoms with Crippen molar-refractivity contribution in [3.05, 3.63) is 10.6 Å². The maximum absolute atomic E-state index is 12.3. The lowest BCUT2D eigenvalue weighted by molar-refractivity contribution is -0.117. The first-order valence-corrected chi connectivity index (χ1v) is 9.69. The van der Waals surface area contributed by atoms with Crippen molar-refractivity contribution in [2.75, 3.05) is 31.5 Å². The number of fused-ring (bicyclic) bond motifs is 1. The van der Waals surface area contributed by atoms with Crippen molar-refractivity contribution in [1.82, 2.24) is 15.2 Å². The Labute approximate surface area is 142 Å². The highest BCUT2D eigenvalue weighted by Crippen LogP contribution is 2.29. The molecule has 128 valence electrons. The molecule has 23 heavy (non-hydrogen) atoms. The van der Waals surface area contributed by atoms with Crippen LogP contribution in [-0.2, 0) is 17.8 Å². The van der Waals surface area contributed by atoms with E-state index in [9.17, 15) is 4.79 Å². The molecule has 1 unspecified atom stereocenters. The molecule has 1 aromatic rings. The van der Waals surface area contributed by atoms with Gasteiger partial charge in [0.25, 0.3) is 0 Å². The number of likely N-dealkylation sites (N-methyl/N-ethyl adjacent to an activating group) is 1. The first-order chi connectivity index (χ1) is 11.2. The summed E-state index contributed by atoms with van der Waals surface area (Å²) in [6, 6.07) is 0. The topological polar surface area (TPSA) is 57.3 Å². The molecule has 0 aromatic carbocycles. The Hall–Kier alpha value is -0.980. The number of carbonyl (C=O) groups is 1. The highest BCUT2D eigenvalue weighted by Gasteiger charge is 2.24. The molecule has 0 spiro atoms. The molecule has 0 radical (unpaired) electrons. The summed E-state index contributed by atoms with van der Waals surface area (Å²) < 4.78 is 0. The smallest absolute Gasteiger partial charge is 0.226 e. The van der Waals surface area contributed by atoms with E-state index in [2.05, 4.69) is 34.4 Å². The van der Waals surface area contributed by atoms with Crippen molar-refractivity contribution in [2.24, 2.45) is 11.8 Å². The number of hydrogen-bond donors (Lipinski definition) is 2. The molecule has 0 bridgehead atoms. The van der Waals surface area contributed by atoms with Crippen LogP contribution in [0.3, 0.4) is 0 Å². The van der Waals surface area contributed by atoms with Gasteiger partial charge in [0.2, 0.25) is 5.91 Å². The molecule has 6 heteroatoms. The molecular weight excluding hydrogens is 308 g/mol. The molecule has 0 aliphatic carbocycles. The summed E-state index contributed by atoms with van der Waals surface area (Å²) in [7, 11) is 0. The highest BCUT2D eigenvalue weighted by atomic mass is 32.1. The Morgan fingerprint density at radius 3 is 3.00 bits per heavy atom. The number of nitrogens with zero attached hydrogens (tertiary/aromatic N) is 2. The van der Waals surface area contributed by atoms with E-state index in [1.807, 2.05) is 0 Å². The number of piperidine rings is 1. The fourth-order valence-corrected chi connectivity index (χ4v) is 4.68. The molecule has 1 atom stereocenters. The first-order valence-electron chi connectivity index (χ1n) is 8.87. The van der Waals surface area contributed by atoms with Gasteiger partial charge in [-0.15, -0.1) is 11.3 Å². The zero-order chi connectivity index (χ0) is 16.2. The minimum absolute atomic E-state index is 0.120. The number of hydrogen-bond acceptors (Lipinski definition) is 5. The summed E-state index contributed by atoms with van der Waals surface area (Å²) in [6.07, 6.45) is 3.98. The predicted octanol–water partition coefficient (Wildman–Crippen LogP) is 2.49. The van der Waals surface area contributed by atoms with Crippen LogP contribution in [0.15, 0.2) is 0 Å². The van der Waals surface area contributed by atoms with E-state index in [1.54, 1.807) is 11.3 Å². The van der Waals surface area contributed by atoms with Crippen molar-refractivity contribution in [3.63, 3.8) is 0 Å². The third-order valence-electron chi connectivity index (χ3n) is 5.20. The van der Waals surface area contributed by atoms with Gasteiger partial charge in [0.1, 0.15) is 0 Å². The number of carbonyl (C=O) groups excluding carboxylic acids is 1. The molecule has 1 amide bonds. The van der Waals surface area contributed by atoms with Gasteiger partial charge in [-0.05, 0) is 44.3 Å². The quantitative estimate of drug-likeness (QED) is 0.867. The minimum Gasteiger partial charge on any atom is -0.317 e. The SMILES string of the molecule is CCN1CCc2nc(NC(=O)CC(C)C3CCNCC3)sc2C1. The first kappa shape index (κ1) is 16.9. The van der Waals surface area contributed by atoms with Gasteiger partial charge in [0.15, 0.2) is 5.13 Å². The van der Waals surface area contributed by atoms with Crippen LogP contribution >= 0.6 is 11.3 Å². The normalized spacial score (nSPS) is 21.0. The number of aromatic nitrogens is 1. The summed E-state index contributed by atoms with van der Waals surface area (Å²) in [5.41, 5.74) is 1.18. The Balaban J connectivity index is 1.53. The van der Waals surface area contributed by atoms with Gasteiger partial charge in [0.05, 0.1) is 5.69 Å². The molecule has 3 rings (SSSR count). The van der Waals surface area contributed by atoms with E-state index in [-0.39, 0.29) is 5.91 Å². The van der Waals surface area contributed by atoms with Crippen LogP contribution in [0.1, 0.15) is 43.7 Å². The molecule has 5 nitrogen and oxygen atoms in total. The van der Waals surface area contributed by atoms with Gasteiger partial charge < -0.3 is 10.6 Å². The Morgan fingerprint density at radius 1 is 1.48 bits per heavy atom. The summed E-state index contributed by atoms with van der Waals surface area (Å²) in [4.78, 5) is 20.7. The van der Waals surface area contributed by atoms with E-state index >= 15 is 0 Å². The number of amides is 1. The van der Waals surface area contributed by atoms with Crippen LogP contribution in [0.25, 0.3) is 0 Å². The molecule has 1 aromatic heterocycles. The predicted molar refractivity (Wildman–Crippen MR) is 94.8 cm³/mol. The second-order valence-electron chi connectivity index (χ2n) is 6.82. The fourth-order valence-electron chi connectivity index (χ4n) is 3.61. The molecule has 1 saturated heterocycles. The number of anilines is 1. The molecule has 1 fully saturated rings. The second kappa shape index (κ2) is 7.73. The van der Waals surface area contributed by atoms with Gasteiger partial charge in [-0.25, -0.2) is 4.98 Å². The third kappa shape index (κ3) is 4.31. The van der Waals surface area contributed by atoms with Gasteiger partial charge in [-0.3, -0.25) is 9.69 Å². The monoisotopic (exact) mass is 336 g/mol.